The summed E-state index contributed by atoms with van der Waals surface area (Å²) in [5.41, 5.74) is 1.88. The van der Waals surface area contributed by atoms with E-state index in [0.29, 0.717) is 36.8 Å². The Morgan fingerprint density at radius 2 is 2.04 bits per heavy atom. The summed E-state index contributed by atoms with van der Waals surface area (Å²) < 4.78 is 0. The molecule has 0 unspecified atom stereocenters. The van der Waals surface area contributed by atoms with Crippen LogP contribution in [0.4, 0.5) is 17.3 Å². The summed E-state index contributed by atoms with van der Waals surface area (Å²) in [6.45, 7) is 3.32. The van der Waals surface area contributed by atoms with Crippen molar-refractivity contribution in [3.8, 4) is 0 Å². The van der Waals surface area contributed by atoms with Crippen molar-refractivity contribution in [2.45, 2.75) is 19.8 Å². The van der Waals surface area contributed by atoms with Gasteiger partial charge in [0.1, 0.15) is 18.0 Å². The highest BCUT2D eigenvalue weighted by atomic mass is 35.5. The maximum absolute atomic E-state index is 11.0. The summed E-state index contributed by atoms with van der Waals surface area (Å²) >= 11 is 6.14. The largest absolute Gasteiger partial charge is 0.481 e. The molecule has 2 heterocycles. The van der Waals surface area contributed by atoms with E-state index in [1.165, 1.54) is 6.33 Å². The number of piperidine rings is 1. The van der Waals surface area contributed by atoms with E-state index in [9.17, 15) is 4.79 Å². The van der Waals surface area contributed by atoms with Gasteiger partial charge in [-0.3, -0.25) is 4.79 Å². The van der Waals surface area contributed by atoms with E-state index < -0.39 is 5.97 Å². The number of benzene rings is 1. The Hall–Kier alpha value is -2.34. The van der Waals surface area contributed by atoms with Crippen molar-refractivity contribution in [2.24, 2.45) is 5.92 Å². The zero-order valence-corrected chi connectivity index (χ0v) is 14.1. The minimum atomic E-state index is -0.712. The Labute approximate surface area is 145 Å². The predicted octanol–water partition coefficient (Wildman–Crippen LogP) is 3.48. The minimum Gasteiger partial charge on any atom is -0.481 e. The number of hydrogen-bond donors (Lipinski definition) is 2. The molecule has 1 aromatic carbocycles. The highest BCUT2D eigenvalue weighted by Gasteiger charge is 2.25. The van der Waals surface area contributed by atoms with Crippen molar-refractivity contribution in [1.82, 2.24) is 9.97 Å². The number of hydrogen-bond acceptors (Lipinski definition) is 5. The highest BCUT2D eigenvalue weighted by Crippen LogP contribution is 2.25. The molecule has 0 aliphatic carbocycles. The first-order valence-corrected chi connectivity index (χ1v) is 8.23. The summed E-state index contributed by atoms with van der Waals surface area (Å²) in [5, 5.41) is 13.0. The normalized spacial score (nSPS) is 15.3. The summed E-state index contributed by atoms with van der Waals surface area (Å²) in [7, 11) is 0. The van der Waals surface area contributed by atoms with Crippen LogP contribution in [0.3, 0.4) is 0 Å². The lowest BCUT2D eigenvalue weighted by molar-refractivity contribution is -0.142. The smallest absolute Gasteiger partial charge is 0.306 e. The van der Waals surface area contributed by atoms with Crippen LogP contribution in [-0.4, -0.2) is 34.1 Å². The van der Waals surface area contributed by atoms with Crippen LogP contribution in [-0.2, 0) is 4.79 Å². The first-order chi connectivity index (χ1) is 11.5. The van der Waals surface area contributed by atoms with Crippen molar-refractivity contribution in [3.63, 3.8) is 0 Å². The molecule has 1 saturated heterocycles. The van der Waals surface area contributed by atoms with Gasteiger partial charge in [0.05, 0.1) is 5.92 Å². The zero-order chi connectivity index (χ0) is 17.1. The lowest BCUT2D eigenvalue weighted by Crippen LogP contribution is -2.36. The zero-order valence-electron chi connectivity index (χ0n) is 13.4. The van der Waals surface area contributed by atoms with Gasteiger partial charge in [0.25, 0.3) is 0 Å². The Kier molecular flexibility index (Phi) is 4.85. The van der Waals surface area contributed by atoms with E-state index in [-0.39, 0.29) is 5.92 Å². The van der Waals surface area contributed by atoms with E-state index in [4.69, 9.17) is 16.7 Å². The van der Waals surface area contributed by atoms with Crippen LogP contribution >= 0.6 is 11.6 Å². The molecule has 0 spiro atoms. The summed E-state index contributed by atoms with van der Waals surface area (Å²) in [5.74, 6) is 0.515. The third-order valence-electron chi connectivity index (χ3n) is 4.27. The van der Waals surface area contributed by atoms with Crippen LogP contribution in [0.1, 0.15) is 18.4 Å². The Bertz CT molecular complexity index is 745. The van der Waals surface area contributed by atoms with Crippen molar-refractivity contribution in [3.05, 3.63) is 41.2 Å². The first-order valence-electron chi connectivity index (χ1n) is 7.86. The molecule has 0 bridgehead atoms. The fourth-order valence-corrected chi connectivity index (χ4v) is 2.94. The van der Waals surface area contributed by atoms with E-state index in [0.717, 1.165) is 17.1 Å². The van der Waals surface area contributed by atoms with E-state index in [1.807, 2.05) is 31.2 Å². The second kappa shape index (κ2) is 7.05. The van der Waals surface area contributed by atoms with Gasteiger partial charge >= 0.3 is 5.97 Å². The molecule has 2 aromatic rings. The van der Waals surface area contributed by atoms with Crippen LogP contribution in [0.15, 0.2) is 30.6 Å². The number of halogens is 1. The molecule has 6 nitrogen and oxygen atoms in total. The molecule has 1 aliphatic rings. The van der Waals surface area contributed by atoms with Crippen molar-refractivity contribution in [1.29, 1.82) is 0 Å². The van der Waals surface area contributed by atoms with Gasteiger partial charge in [-0.05, 0) is 37.5 Å². The molecule has 3 rings (SSSR count). The number of aromatic nitrogens is 2. The van der Waals surface area contributed by atoms with Gasteiger partial charge < -0.3 is 15.3 Å². The third kappa shape index (κ3) is 3.76. The molecule has 126 valence electrons. The molecule has 0 saturated carbocycles. The highest BCUT2D eigenvalue weighted by molar-refractivity contribution is 6.31. The van der Waals surface area contributed by atoms with E-state index >= 15 is 0 Å². The Morgan fingerprint density at radius 3 is 2.71 bits per heavy atom. The number of nitrogens with zero attached hydrogens (tertiary/aromatic N) is 3. The molecule has 0 amide bonds. The molecule has 1 aliphatic heterocycles. The van der Waals surface area contributed by atoms with Gasteiger partial charge in [0.2, 0.25) is 0 Å². The summed E-state index contributed by atoms with van der Waals surface area (Å²) in [4.78, 5) is 21.7. The number of aliphatic carboxylic acids is 1. The average Bonchev–Trinajstić information content (AvgIpc) is 2.58. The fraction of sp³-hybridized carbons (Fsp3) is 0.353. The van der Waals surface area contributed by atoms with Crippen LogP contribution in [0.2, 0.25) is 5.02 Å². The number of carboxylic acids is 1. The van der Waals surface area contributed by atoms with Gasteiger partial charge in [-0.2, -0.15) is 0 Å². The molecule has 0 atom stereocenters. The van der Waals surface area contributed by atoms with Gasteiger partial charge in [-0.25, -0.2) is 9.97 Å². The first kappa shape index (κ1) is 16.5. The van der Waals surface area contributed by atoms with Gasteiger partial charge in [-0.1, -0.05) is 17.7 Å². The Balaban J connectivity index is 1.70. The molecule has 1 fully saturated rings. The minimum absolute atomic E-state index is 0.254. The number of carboxylic acid groups (broad SMARTS) is 1. The van der Waals surface area contributed by atoms with E-state index in [1.54, 1.807) is 0 Å². The quantitative estimate of drug-likeness (QED) is 0.882. The monoisotopic (exact) mass is 346 g/mol. The number of aryl methyl sites for hydroxylation is 1. The second-order valence-corrected chi connectivity index (χ2v) is 6.36. The standard InChI is InChI=1S/C17H19ClN4O2/c1-11-2-3-13(8-14(11)18)21-15-9-16(20-10-19-15)22-6-4-12(5-7-22)17(23)24/h2-3,8-10,12H,4-7H2,1H3,(H,23,24)(H,19,20,21). The predicted molar refractivity (Wildman–Crippen MR) is 94.1 cm³/mol. The lowest BCUT2D eigenvalue weighted by Gasteiger charge is -2.31. The van der Waals surface area contributed by atoms with Crippen LogP contribution < -0.4 is 10.2 Å². The lowest BCUT2D eigenvalue weighted by atomic mass is 9.97. The van der Waals surface area contributed by atoms with Crippen molar-refractivity contribution < 1.29 is 9.90 Å². The molecule has 1 aromatic heterocycles. The summed E-state index contributed by atoms with van der Waals surface area (Å²) in [6, 6.07) is 7.62. The van der Waals surface area contributed by atoms with Crippen molar-refractivity contribution in [2.75, 3.05) is 23.3 Å². The van der Waals surface area contributed by atoms with Gasteiger partial charge in [-0.15, -0.1) is 0 Å². The SMILES string of the molecule is Cc1ccc(Nc2cc(N3CCC(C(=O)O)CC3)ncn2)cc1Cl. The molecule has 2 N–H and O–H groups in total. The van der Waals surface area contributed by atoms with Crippen LogP contribution in [0, 0.1) is 12.8 Å². The molecular weight excluding hydrogens is 328 g/mol. The van der Waals surface area contributed by atoms with Gasteiger partial charge in [0.15, 0.2) is 0 Å². The van der Waals surface area contributed by atoms with E-state index in [2.05, 4.69) is 20.2 Å². The topological polar surface area (TPSA) is 78.4 Å². The number of rotatable bonds is 4. The molecule has 24 heavy (non-hydrogen) atoms. The molecule has 7 heteroatoms. The average molecular weight is 347 g/mol. The maximum atomic E-state index is 11.0. The molecule has 0 radical (unpaired) electrons. The number of carbonyl (C=O) groups is 1. The fourth-order valence-electron chi connectivity index (χ4n) is 2.76. The third-order valence-corrected chi connectivity index (χ3v) is 4.67. The maximum Gasteiger partial charge on any atom is 0.306 e. The van der Waals surface area contributed by atoms with Gasteiger partial charge in [0, 0.05) is 29.9 Å². The molecular formula is C17H19ClN4O2. The second-order valence-electron chi connectivity index (χ2n) is 5.95. The number of nitrogens with one attached hydrogen (secondary N) is 1. The summed E-state index contributed by atoms with van der Waals surface area (Å²) in [6.07, 6.45) is 2.78. The van der Waals surface area contributed by atoms with Crippen LogP contribution in [0.25, 0.3) is 0 Å². The van der Waals surface area contributed by atoms with Crippen molar-refractivity contribution >= 4 is 34.9 Å². The van der Waals surface area contributed by atoms with Crippen LogP contribution in [0.5, 0.6) is 0 Å². The number of anilines is 3. The Morgan fingerprint density at radius 1 is 1.29 bits per heavy atom.